The van der Waals surface area contributed by atoms with E-state index in [0.29, 0.717) is 0 Å². The lowest BCUT2D eigenvalue weighted by Crippen LogP contribution is -2.35. The molecule has 0 aliphatic carbocycles. The molecule has 19 heavy (non-hydrogen) atoms. The van der Waals surface area contributed by atoms with E-state index in [1.807, 2.05) is 0 Å². The number of methoxy groups -OCH3 is 1. The van der Waals surface area contributed by atoms with Gasteiger partial charge in [0.1, 0.15) is 5.82 Å². The van der Waals surface area contributed by atoms with Crippen LogP contribution < -0.4 is 5.32 Å². The number of benzene rings is 1. The van der Waals surface area contributed by atoms with Crippen LogP contribution in [-0.2, 0) is 14.3 Å². The molecular formula is C13H16FNO3S. The van der Waals surface area contributed by atoms with Crippen LogP contribution in [0.5, 0.6) is 0 Å². The number of nitrogens with one attached hydrogen (secondary N) is 1. The lowest BCUT2D eigenvalue weighted by Gasteiger charge is -2.12. The van der Waals surface area contributed by atoms with Crippen LogP contribution in [0.15, 0.2) is 29.2 Å². The van der Waals surface area contributed by atoms with Crippen LogP contribution in [0, 0.1) is 5.82 Å². The zero-order chi connectivity index (χ0) is 14.3. The fraction of sp³-hybridized carbons (Fsp3) is 0.385. The van der Waals surface area contributed by atoms with E-state index in [-0.39, 0.29) is 35.9 Å². The van der Waals surface area contributed by atoms with Crippen LogP contribution in [0.1, 0.15) is 13.3 Å². The first-order valence-corrected chi connectivity index (χ1v) is 6.74. The Morgan fingerprint density at radius 3 is 2.58 bits per heavy atom. The van der Waals surface area contributed by atoms with Gasteiger partial charge in [0.15, 0.2) is 0 Å². The topological polar surface area (TPSA) is 55.4 Å². The van der Waals surface area contributed by atoms with Gasteiger partial charge in [-0.15, -0.1) is 11.8 Å². The Balaban J connectivity index is 2.31. The molecule has 1 unspecified atom stereocenters. The quantitative estimate of drug-likeness (QED) is 0.641. The first kappa shape index (κ1) is 15.5. The molecule has 104 valence electrons. The second-order valence-electron chi connectivity index (χ2n) is 3.99. The summed E-state index contributed by atoms with van der Waals surface area (Å²) < 4.78 is 17.2. The first-order chi connectivity index (χ1) is 9.01. The second kappa shape index (κ2) is 7.78. The molecule has 0 radical (unpaired) electrons. The van der Waals surface area contributed by atoms with Gasteiger partial charge in [0.2, 0.25) is 5.91 Å². The second-order valence-corrected chi connectivity index (χ2v) is 5.04. The number of ether oxygens (including phenoxy) is 1. The third-order valence-corrected chi connectivity index (χ3v) is 3.30. The molecule has 4 nitrogen and oxygen atoms in total. The highest BCUT2D eigenvalue weighted by Gasteiger charge is 2.12. The zero-order valence-electron chi connectivity index (χ0n) is 10.8. The van der Waals surface area contributed by atoms with Crippen molar-refractivity contribution in [3.05, 3.63) is 30.1 Å². The minimum atomic E-state index is -0.362. The first-order valence-electron chi connectivity index (χ1n) is 5.76. The molecule has 0 bridgehead atoms. The van der Waals surface area contributed by atoms with Gasteiger partial charge in [-0.1, -0.05) is 0 Å². The molecule has 1 aromatic rings. The molecule has 1 atom stereocenters. The Kier molecular flexibility index (Phi) is 6.35. The van der Waals surface area contributed by atoms with E-state index >= 15 is 0 Å². The molecule has 0 spiro atoms. The third-order valence-electron chi connectivity index (χ3n) is 2.29. The normalized spacial score (nSPS) is 11.7. The molecule has 1 amide bonds. The van der Waals surface area contributed by atoms with E-state index in [2.05, 4.69) is 10.1 Å². The number of carbonyl (C=O) groups is 2. The van der Waals surface area contributed by atoms with Crippen LogP contribution >= 0.6 is 11.8 Å². The number of amides is 1. The standard InChI is InChI=1S/C13H16FNO3S/c1-9(7-13(17)18-2)15-12(16)8-19-11-5-3-10(14)4-6-11/h3-6,9H,7-8H2,1-2H3,(H,15,16). The summed E-state index contributed by atoms with van der Waals surface area (Å²) >= 11 is 1.31. The van der Waals surface area contributed by atoms with Gasteiger partial charge in [0, 0.05) is 10.9 Å². The van der Waals surface area contributed by atoms with Crippen molar-refractivity contribution in [1.29, 1.82) is 0 Å². The van der Waals surface area contributed by atoms with Crippen molar-refractivity contribution in [2.45, 2.75) is 24.3 Å². The summed E-state index contributed by atoms with van der Waals surface area (Å²) in [5.41, 5.74) is 0. The predicted octanol–water partition coefficient (Wildman–Crippen LogP) is 1.99. The Morgan fingerprint density at radius 1 is 1.37 bits per heavy atom. The van der Waals surface area contributed by atoms with Crippen molar-refractivity contribution in [1.82, 2.24) is 5.32 Å². The minimum Gasteiger partial charge on any atom is -0.469 e. The Bertz CT molecular complexity index is 436. The zero-order valence-corrected chi connectivity index (χ0v) is 11.6. The predicted molar refractivity (Wildman–Crippen MR) is 71.4 cm³/mol. The molecule has 1 N–H and O–H groups in total. The summed E-state index contributed by atoms with van der Waals surface area (Å²) in [5.74, 6) is -0.623. The van der Waals surface area contributed by atoms with E-state index < -0.39 is 0 Å². The SMILES string of the molecule is COC(=O)CC(C)NC(=O)CSc1ccc(F)cc1. The lowest BCUT2D eigenvalue weighted by atomic mass is 10.2. The summed E-state index contributed by atoms with van der Waals surface area (Å²) in [6.45, 7) is 1.73. The van der Waals surface area contributed by atoms with Crippen LogP contribution in [0.25, 0.3) is 0 Å². The molecule has 0 heterocycles. The van der Waals surface area contributed by atoms with E-state index in [0.717, 1.165) is 4.90 Å². The number of rotatable bonds is 6. The van der Waals surface area contributed by atoms with Crippen molar-refractivity contribution in [3.63, 3.8) is 0 Å². The molecule has 0 aromatic heterocycles. The largest absolute Gasteiger partial charge is 0.469 e. The van der Waals surface area contributed by atoms with Gasteiger partial charge in [0.05, 0.1) is 19.3 Å². The lowest BCUT2D eigenvalue weighted by molar-refractivity contribution is -0.141. The summed E-state index contributed by atoms with van der Waals surface area (Å²) in [7, 11) is 1.31. The van der Waals surface area contributed by atoms with Crippen LogP contribution in [0.3, 0.4) is 0 Å². The Hall–Kier alpha value is -1.56. The average molecular weight is 285 g/mol. The Morgan fingerprint density at radius 2 is 2.00 bits per heavy atom. The van der Waals surface area contributed by atoms with E-state index in [1.54, 1.807) is 19.1 Å². The highest BCUT2D eigenvalue weighted by atomic mass is 32.2. The van der Waals surface area contributed by atoms with Crippen LogP contribution in [-0.4, -0.2) is 30.8 Å². The van der Waals surface area contributed by atoms with Gasteiger partial charge in [-0.25, -0.2) is 4.39 Å². The van der Waals surface area contributed by atoms with Crippen LogP contribution in [0.4, 0.5) is 4.39 Å². The number of halogens is 1. The summed E-state index contributed by atoms with van der Waals surface area (Å²) in [5, 5.41) is 2.69. The molecule has 6 heteroatoms. The minimum absolute atomic E-state index is 0.142. The molecule has 1 aromatic carbocycles. The van der Waals surface area contributed by atoms with Gasteiger partial charge in [-0.3, -0.25) is 9.59 Å². The van der Waals surface area contributed by atoms with Crippen molar-refractivity contribution in [2.75, 3.05) is 12.9 Å². The molecule has 0 aliphatic heterocycles. The summed E-state index contributed by atoms with van der Waals surface area (Å²) in [6, 6.07) is 5.66. The van der Waals surface area contributed by atoms with Gasteiger partial charge < -0.3 is 10.1 Å². The van der Waals surface area contributed by atoms with Gasteiger partial charge in [-0.2, -0.15) is 0 Å². The molecule has 0 saturated carbocycles. The highest BCUT2D eigenvalue weighted by molar-refractivity contribution is 8.00. The molecule has 0 aliphatic rings. The van der Waals surface area contributed by atoms with Crippen molar-refractivity contribution >= 4 is 23.6 Å². The molecule has 0 saturated heterocycles. The van der Waals surface area contributed by atoms with Crippen molar-refractivity contribution < 1.29 is 18.7 Å². The number of esters is 1. The maximum Gasteiger partial charge on any atom is 0.307 e. The third kappa shape index (κ3) is 6.24. The molecule has 1 rings (SSSR count). The number of thioether (sulfide) groups is 1. The van der Waals surface area contributed by atoms with E-state index in [9.17, 15) is 14.0 Å². The summed E-state index contributed by atoms with van der Waals surface area (Å²) in [6.07, 6.45) is 0.142. The number of carbonyl (C=O) groups excluding carboxylic acids is 2. The van der Waals surface area contributed by atoms with E-state index in [4.69, 9.17) is 0 Å². The highest BCUT2D eigenvalue weighted by Crippen LogP contribution is 2.17. The smallest absolute Gasteiger partial charge is 0.307 e. The number of hydrogen-bond donors (Lipinski definition) is 1. The maximum atomic E-state index is 12.7. The molecular weight excluding hydrogens is 269 g/mol. The fourth-order valence-corrected chi connectivity index (χ4v) is 2.09. The van der Waals surface area contributed by atoms with Gasteiger partial charge in [-0.05, 0) is 31.2 Å². The van der Waals surface area contributed by atoms with Gasteiger partial charge >= 0.3 is 5.97 Å². The molecule has 0 fully saturated rings. The van der Waals surface area contributed by atoms with Crippen molar-refractivity contribution in [2.24, 2.45) is 0 Å². The maximum absolute atomic E-state index is 12.7. The fourth-order valence-electron chi connectivity index (χ4n) is 1.38. The number of hydrogen-bond acceptors (Lipinski definition) is 4. The Labute approximate surface area is 115 Å². The van der Waals surface area contributed by atoms with Crippen molar-refractivity contribution in [3.8, 4) is 0 Å². The van der Waals surface area contributed by atoms with Gasteiger partial charge in [0.25, 0.3) is 0 Å². The average Bonchev–Trinajstić information content (AvgIpc) is 2.37. The monoisotopic (exact) mass is 285 g/mol. The summed E-state index contributed by atoms with van der Waals surface area (Å²) in [4.78, 5) is 23.4. The van der Waals surface area contributed by atoms with E-state index in [1.165, 1.54) is 31.0 Å². The van der Waals surface area contributed by atoms with Crippen LogP contribution in [0.2, 0.25) is 0 Å².